The lowest BCUT2D eigenvalue weighted by molar-refractivity contribution is 0.437. The molecule has 0 radical (unpaired) electrons. The van der Waals surface area contributed by atoms with Crippen LogP contribution in [0.1, 0.15) is 5.56 Å². The molecule has 0 bridgehead atoms. The molecule has 90 valence electrons. The molecule has 0 aliphatic heterocycles. The van der Waals surface area contributed by atoms with Crippen LogP contribution >= 0.6 is 11.3 Å². The summed E-state index contributed by atoms with van der Waals surface area (Å²) in [5.74, 6) is 1.08. The third-order valence-electron chi connectivity index (χ3n) is 2.71. The molecule has 0 saturated heterocycles. The first-order chi connectivity index (χ1) is 8.75. The van der Waals surface area contributed by atoms with E-state index in [2.05, 4.69) is 10.1 Å². The van der Waals surface area contributed by atoms with Gasteiger partial charge in [-0.3, -0.25) is 4.98 Å². The van der Waals surface area contributed by atoms with E-state index in [9.17, 15) is 0 Å². The average Bonchev–Trinajstić information content (AvgIpc) is 2.99. The van der Waals surface area contributed by atoms with Crippen LogP contribution in [0.5, 0.6) is 0 Å². The molecule has 18 heavy (non-hydrogen) atoms. The van der Waals surface area contributed by atoms with E-state index >= 15 is 0 Å². The summed E-state index contributed by atoms with van der Waals surface area (Å²) < 4.78 is 5.32. The second-order valence-corrected chi connectivity index (χ2v) is 4.89. The van der Waals surface area contributed by atoms with Crippen molar-refractivity contribution in [3.05, 3.63) is 41.5 Å². The number of hydrogen-bond acceptors (Lipinski definition) is 5. The summed E-state index contributed by atoms with van der Waals surface area (Å²) in [6, 6.07) is 8.11. The zero-order chi connectivity index (χ0) is 12.5. The number of aromatic nitrogens is 2. The summed E-state index contributed by atoms with van der Waals surface area (Å²) in [5, 5.41) is 3.85. The Kier molecular flexibility index (Phi) is 2.60. The van der Waals surface area contributed by atoms with Crippen LogP contribution in [-0.2, 0) is 0 Å². The van der Waals surface area contributed by atoms with Crippen molar-refractivity contribution in [2.75, 3.05) is 5.73 Å². The van der Waals surface area contributed by atoms with Gasteiger partial charge in [0.1, 0.15) is 0 Å². The molecular weight excluding hydrogens is 246 g/mol. The van der Waals surface area contributed by atoms with Crippen molar-refractivity contribution in [1.29, 1.82) is 0 Å². The number of thiazole rings is 1. The summed E-state index contributed by atoms with van der Waals surface area (Å²) in [6.07, 6.45) is 1.75. The molecule has 1 aromatic carbocycles. The highest BCUT2D eigenvalue weighted by Gasteiger charge is 2.18. The summed E-state index contributed by atoms with van der Waals surface area (Å²) in [6.45, 7) is 2.05. The molecule has 3 aromatic rings. The number of rotatable bonds is 2. The number of anilines is 1. The Bertz CT molecular complexity index is 656. The number of nitrogen functional groups attached to an aromatic ring is 1. The van der Waals surface area contributed by atoms with Crippen LogP contribution in [0.2, 0.25) is 0 Å². The first-order valence-corrected chi connectivity index (χ1v) is 6.34. The van der Waals surface area contributed by atoms with Gasteiger partial charge in [0, 0.05) is 6.20 Å². The van der Waals surface area contributed by atoms with E-state index in [1.54, 1.807) is 11.7 Å². The minimum Gasteiger partial charge on any atom is -0.380 e. The van der Waals surface area contributed by atoms with Gasteiger partial charge in [0.15, 0.2) is 11.6 Å². The van der Waals surface area contributed by atoms with Gasteiger partial charge < -0.3 is 10.3 Å². The topological polar surface area (TPSA) is 64.9 Å². The Hall–Kier alpha value is -2.14. The highest BCUT2D eigenvalue weighted by molar-refractivity contribution is 7.13. The number of nitrogens with zero attached hydrogens (tertiary/aromatic N) is 2. The van der Waals surface area contributed by atoms with Crippen LogP contribution in [0.4, 0.5) is 5.82 Å². The molecule has 0 spiro atoms. The van der Waals surface area contributed by atoms with Gasteiger partial charge in [-0.1, -0.05) is 35.0 Å². The minimum atomic E-state index is 0.405. The van der Waals surface area contributed by atoms with Crippen LogP contribution < -0.4 is 5.73 Å². The monoisotopic (exact) mass is 257 g/mol. The zero-order valence-corrected chi connectivity index (χ0v) is 10.6. The van der Waals surface area contributed by atoms with Crippen molar-refractivity contribution in [3.63, 3.8) is 0 Å². The number of aryl methyl sites for hydroxylation is 1. The van der Waals surface area contributed by atoms with Crippen molar-refractivity contribution in [1.82, 2.24) is 10.1 Å². The van der Waals surface area contributed by atoms with Gasteiger partial charge in [-0.25, -0.2) is 0 Å². The first-order valence-electron chi connectivity index (χ1n) is 5.47. The maximum Gasteiger partial charge on any atom is 0.188 e. The summed E-state index contributed by atoms with van der Waals surface area (Å²) in [7, 11) is 0. The lowest BCUT2D eigenvalue weighted by atomic mass is 10.0. The van der Waals surface area contributed by atoms with Crippen LogP contribution in [-0.4, -0.2) is 10.1 Å². The van der Waals surface area contributed by atoms with Crippen LogP contribution in [0.25, 0.3) is 21.8 Å². The fourth-order valence-corrected chi connectivity index (χ4v) is 2.40. The Morgan fingerprint density at radius 3 is 2.67 bits per heavy atom. The largest absolute Gasteiger partial charge is 0.380 e. The normalized spacial score (nSPS) is 10.7. The van der Waals surface area contributed by atoms with Gasteiger partial charge in [-0.15, -0.1) is 11.3 Å². The molecule has 2 heterocycles. The van der Waals surface area contributed by atoms with E-state index in [1.807, 2.05) is 31.2 Å². The summed E-state index contributed by atoms with van der Waals surface area (Å²) in [4.78, 5) is 4.97. The van der Waals surface area contributed by atoms with Gasteiger partial charge >= 0.3 is 0 Å². The van der Waals surface area contributed by atoms with Gasteiger partial charge in [-0.05, 0) is 12.5 Å². The van der Waals surface area contributed by atoms with E-state index in [0.29, 0.717) is 11.6 Å². The van der Waals surface area contributed by atoms with E-state index in [-0.39, 0.29) is 0 Å². The summed E-state index contributed by atoms with van der Waals surface area (Å²) >= 11 is 1.50. The second kappa shape index (κ2) is 4.27. The van der Waals surface area contributed by atoms with Gasteiger partial charge in [0.25, 0.3) is 0 Å². The zero-order valence-electron chi connectivity index (χ0n) is 9.75. The molecule has 4 nitrogen and oxygen atoms in total. The van der Waals surface area contributed by atoms with E-state index < -0.39 is 0 Å². The van der Waals surface area contributed by atoms with E-state index in [4.69, 9.17) is 10.3 Å². The standard InChI is InChI=1S/C13H11N3OS/c1-8-2-4-9(5-3-8)11-12(17-16-13(11)14)10-6-15-7-18-10/h2-7H,1H3,(H2,14,16). The molecule has 0 aliphatic rings. The van der Waals surface area contributed by atoms with Gasteiger partial charge in [0.2, 0.25) is 0 Å². The second-order valence-electron chi connectivity index (χ2n) is 4.00. The van der Waals surface area contributed by atoms with Gasteiger partial charge in [-0.2, -0.15) is 0 Å². The quantitative estimate of drug-likeness (QED) is 0.764. The van der Waals surface area contributed by atoms with Crippen LogP contribution in [0.15, 0.2) is 40.5 Å². The van der Waals surface area contributed by atoms with Crippen molar-refractivity contribution < 1.29 is 4.52 Å². The smallest absolute Gasteiger partial charge is 0.188 e. The molecule has 2 aromatic heterocycles. The molecule has 0 fully saturated rings. The summed E-state index contributed by atoms with van der Waals surface area (Å²) in [5.41, 5.74) is 10.7. The van der Waals surface area contributed by atoms with Crippen molar-refractivity contribution in [2.45, 2.75) is 6.92 Å². The van der Waals surface area contributed by atoms with Gasteiger partial charge in [0.05, 0.1) is 16.0 Å². The molecule has 0 atom stereocenters. The molecule has 2 N–H and O–H groups in total. The maximum absolute atomic E-state index is 5.90. The molecule has 0 aliphatic carbocycles. The number of benzene rings is 1. The fourth-order valence-electron chi connectivity index (χ4n) is 1.80. The minimum absolute atomic E-state index is 0.405. The Labute approximate surface area is 108 Å². The van der Waals surface area contributed by atoms with Crippen molar-refractivity contribution in [3.8, 4) is 21.8 Å². The third kappa shape index (κ3) is 1.78. The van der Waals surface area contributed by atoms with Crippen LogP contribution in [0, 0.1) is 6.92 Å². The molecule has 3 rings (SSSR count). The lowest BCUT2D eigenvalue weighted by Crippen LogP contribution is -1.88. The van der Waals surface area contributed by atoms with Crippen LogP contribution in [0.3, 0.4) is 0 Å². The average molecular weight is 257 g/mol. The molecule has 0 saturated carbocycles. The first kappa shape index (κ1) is 11.0. The predicted octanol–water partition coefficient (Wildman–Crippen LogP) is 3.36. The Balaban J connectivity index is 2.17. The maximum atomic E-state index is 5.90. The molecule has 0 unspecified atom stereocenters. The predicted molar refractivity (Wildman–Crippen MR) is 72.2 cm³/mol. The third-order valence-corrected chi connectivity index (χ3v) is 3.49. The van der Waals surface area contributed by atoms with Crippen molar-refractivity contribution in [2.24, 2.45) is 0 Å². The Morgan fingerprint density at radius 2 is 2.00 bits per heavy atom. The molecule has 0 amide bonds. The number of hydrogen-bond donors (Lipinski definition) is 1. The SMILES string of the molecule is Cc1ccc(-c2c(N)noc2-c2cncs2)cc1. The van der Waals surface area contributed by atoms with E-state index in [0.717, 1.165) is 16.0 Å². The van der Waals surface area contributed by atoms with E-state index in [1.165, 1.54) is 16.9 Å². The lowest BCUT2D eigenvalue weighted by Gasteiger charge is -2.01. The Morgan fingerprint density at radius 1 is 1.22 bits per heavy atom. The fraction of sp³-hybridized carbons (Fsp3) is 0.0769. The highest BCUT2D eigenvalue weighted by atomic mass is 32.1. The molecular formula is C13H11N3OS. The number of nitrogens with two attached hydrogens (primary N) is 1. The molecule has 5 heteroatoms. The van der Waals surface area contributed by atoms with Crippen molar-refractivity contribution >= 4 is 17.2 Å². The highest BCUT2D eigenvalue weighted by Crippen LogP contribution is 2.37.